The van der Waals surface area contributed by atoms with Crippen LogP contribution in [-0.2, 0) is 16.1 Å². The Morgan fingerprint density at radius 2 is 2.44 bits per heavy atom. The number of hydrogen-bond donors (Lipinski definition) is 3. The third-order valence-corrected chi connectivity index (χ3v) is 4.20. The van der Waals surface area contributed by atoms with Crippen LogP contribution in [0.2, 0.25) is 0 Å². The predicted octanol–water partition coefficient (Wildman–Crippen LogP) is 0.0361. The SMILES string of the molecule is CC1(C)SCC(C(=O)NCc2ccn[nH]2)NC1=O. The Labute approximate surface area is 109 Å². The van der Waals surface area contributed by atoms with Crippen LogP contribution in [0.25, 0.3) is 0 Å². The zero-order valence-corrected chi connectivity index (χ0v) is 11.1. The van der Waals surface area contributed by atoms with E-state index in [1.807, 2.05) is 13.8 Å². The number of aromatic nitrogens is 2. The Morgan fingerprint density at radius 1 is 1.67 bits per heavy atom. The topological polar surface area (TPSA) is 86.9 Å². The fourth-order valence-corrected chi connectivity index (χ4v) is 2.57. The number of thioether (sulfide) groups is 1. The molecule has 1 fully saturated rings. The summed E-state index contributed by atoms with van der Waals surface area (Å²) in [5, 5.41) is 12.1. The first-order chi connectivity index (χ1) is 8.49. The van der Waals surface area contributed by atoms with Crippen LogP contribution >= 0.6 is 11.8 Å². The Kier molecular flexibility index (Phi) is 3.60. The van der Waals surface area contributed by atoms with Crippen LogP contribution in [0.15, 0.2) is 12.3 Å². The Balaban J connectivity index is 1.85. The van der Waals surface area contributed by atoms with Crippen molar-refractivity contribution in [2.24, 2.45) is 0 Å². The fourth-order valence-electron chi connectivity index (χ4n) is 1.56. The summed E-state index contributed by atoms with van der Waals surface area (Å²) in [5.41, 5.74) is 0.832. The Morgan fingerprint density at radius 3 is 3.06 bits per heavy atom. The van der Waals surface area contributed by atoms with Gasteiger partial charge in [0.05, 0.1) is 17.0 Å². The molecule has 2 rings (SSSR count). The van der Waals surface area contributed by atoms with Crippen LogP contribution in [0.5, 0.6) is 0 Å². The van der Waals surface area contributed by atoms with Gasteiger partial charge in [0.15, 0.2) is 0 Å². The lowest BCUT2D eigenvalue weighted by atomic mass is 10.1. The molecular weight excluding hydrogens is 252 g/mol. The molecule has 98 valence electrons. The summed E-state index contributed by atoms with van der Waals surface area (Å²) >= 11 is 1.50. The summed E-state index contributed by atoms with van der Waals surface area (Å²) in [7, 11) is 0. The highest BCUT2D eigenvalue weighted by atomic mass is 32.2. The second-order valence-electron chi connectivity index (χ2n) is 4.65. The van der Waals surface area contributed by atoms with Crippen molar-refractivity contribution in [3.8, 4) is 0 Å². The number of amides is 2. The molecule has 1 unspecified atom stereocenters. The highest BCUT2D eigenvalue weighted by Crippen LogP contribution is 2.28. The number of aromatic amines is 1. The van der Waals surface area contributed by atoms with Gasteiger partial charge in [0.2, 0.25) is 11.8 Å². The van der Waals surface area contributed by atoms with E-state index in [2.05, 4.69) is 20.8 Å². The van der Waals surface area contributed by atoms with Crippen molar-refractivity contribution < 1.29 is 9.59 Å². The lowest BCUT2D eigenvalue weighted by molar-refractivity contribution is -0.129. The molecule has 0 aliphatic carbocycles. The maximum absolute atomic E-state index is 11.9. The summed E-state index contributed by atoms with van der Waals surface area (Å²) < 4.78 is -0.458. The third-order valence-electron chi connectivity index (χ3n) is 2.79. The molecule has 1 saturated heterocycles. The molecule has 0 saturated carbocycles. The van der Waals surface area contributed by atoms with E-state index < -0.39 is 10.8 Å². The van der Waals surface area contributed by atoms with Crippen molar-refractivity contribution in [2.75, 3.05) is 5.75 Å². The van der Waals surface area contributed by atoms with Gasteiger partial charge in [0, 0.05) is 11.9 Å². The second kappa shape index (κ2) is 5.01. The van der Waals surface area contributed by atoms with Gasteiger partial charge in [-0.15, -0.1) is 11.8 Å². The van der Waals surface area contributed by atoms with Crippen LogP contribution in [-0.4, -0.2) is 38.6 Å². The molecule has 3 N–H and O–H groups in total. The monoisotopic (exact) mass is 268 g/mol. The summed E-state index contributed by atoms with van der Waals surface area (Å²) in [6.07, 6.45) is 1.63. The molecular formula is C11H16N4O2S. The highest BCUT2D eigenvalue weighted by molar-refractivity contribution is 8.01. The molecule has 1 aromatic heterocycles. The van der Waals surface area contributed by atoms with E-state index in [1.165, 1.54) is 11.8 Å². The van der Waals surface area contributed by atoms with Gasteiger partial charge in [-0.1, -0.05) is 0 Å². The fraction of sp³-hybridized carbons (Fsp3) is 0.545. The van der Waals surface area contributed by atoms with Crippen molar-refractivity contribution in [2.45, 2.75) is 31.2 Å². The number of carbonyl (C=O) groups excluding carboxylic acids is 2. The minimum absolute atomic E-state index is 0.0968. The van der Waals surface area contributed by atoms with Gasteiger partial charge >= 0.3 is 0 Å². The zero-order valence-electron chi connectivity index (χ0n) is 10.3. The van der Waals surface area contributed by atoms with Crippen molar-refractivity contribution in [1.29, 1.82) is 0 Å². The first kappa shape index (κ1) is 12.9. The van der Waals surface area contributed by atoms with Gasteiger partial charge < -0.3 is 10.6 Å². The van der Waals surface area contributed by atoms with Gasteiger partial charge in [0.25, 0.3) is 0 Å². The predicted molar refractivity (Wildman–Crippen MR) is 68.9 cm³/mol. The molecule has 0 bridgehead atoms. The molecule has 1 atom stereocenters. The van der Waals surface area contributed by atoms with Crippen LogP contribution in [0.4, 0.5) is 0 Å². The molecule has 0 radical (unpaired) electrons. The van der Waals surface area contributed by atoms with Crippen molar-refractivity contribution >= 4 is 23.6 Å². The first-order valence-corrected chi connectivity index (χ1v) is 6.68. The van der Waals surface area contributed by atoms with Crippen LogP contribution in [0.3, 0.4) is 0 Å². The molecule has 1 aliphatic heterocycles. The van der Waals surface area contributed by atoms with Gasteiger partial charge in [0.1, 0.15) is 6.04 Å². The van der Waals surface area contributed by atoms with E-state index in [-0.39, 0.29) is 11.8 Å². The van der Waals surface area contributed by atoms with Crippen LogP contribution < -0.4 is 10.6 Å². The minimum atomic E-state index is -0.460. The number of H-pyrrole nitrogens is 1. The average molecular weight is 268 g/mol. The molecule has 2 amide bonds. The maximum Gasteiger partial charge on any atom is 0.243 e. The van der Waals surface area contributed by atoms with E-state index in [1.54, 1.807) is 12.3 Å². The average Bonchev–Trinajstić information content (AvgIpc) is 2.82. The van der Waals surface area contributed by atoms with Gasteiger partial charge in [-0.2, -0.15) is 5.10 Å². The number of rotatable bonds is 3. The van der Waals surface area contributed by atoms with E-state index in [0.29, 0.717) is 12.3 Å². The maximum atomic E-state index is 11.9. The van der Waals surface area contributed by atoms with E-state index >= 15 is 0 Å². The molecule has 18 heavy (non-hydrogen) atoms. The lowest BCUT2D eigenvalue weighted by Crippen LogP contribution is -2.57. The van der Waals surface area contributed by atoms with Crippen LogP contribution in [0, 0.1) is 0 Å². The highest BCUT2D eigenvalue weighted by Gasteiger charge is 2.37. The number of nitrogens with one attached hydrogen (secondary N) is 3. The summed E-state index contributed by atoms with van der Waals surface area (Å²) in [6, 6.07) is 1.33. The van der Waals surface area contributed by atoms with Crippen LogP contribution in [0.1, 0.15) is 19.5 Å². The summed E-state index contributed by atoms with van der Waals surface area (Å²) in [5.74, 6) is 0.328. The normalized spacial score (nSPS) is 22.3. The largest absolute Gasteiger partial charge is 0.349 e. The van der Waals surface area contributed by atoms with Gasteiger partial charge in [-0.25, -0.2) is 0 Å². The smallest absolute Gasteiger partial charge is 0.243 e. The molecule has 2 heterocycles. The number of nitrogens with zero attached hydrogens (tertiary/aromatic N) is 1. The Bertz CT molecular complexity index is 444. The molecule has 0 aromatic carbocycles. The first-order valence-electron chi connectivity index (χ1n) is 5.70. The van der Waals surface area contributed by atoms with Crippen molar-refractivity contribution in [1.82, 2.24) is 20.8 Å². The Hall–Kier alpha value is -1.50. The van der Waals surface area contributed by atoms with E-state index in [9.17, 15) is 9.59 Å². The quantitative estimate of drug-likeness (QED) is 0.722. The summed E-state index contributed by atoms with van der Waals surface area (Å²) in [4.78, 5) is 23.6. The standard InChI is InChI=1S/C11H16N4O2S/c1-11(2)10(17)14-8(6-18-11)9(16)12-5-7-3-4-13-15-7/h3-4,8H,5-6H2,1-2H3,(H,12,16)(H,13,15)(H,14,17). The molecule has 1 aromatic rings. The molecule has 0 spiro atoms. The summed E-state index contributed by atoms with van der Waals surface area (Å²) in [6.45, 7) is 4.09. The zero-order chi connectivity index (χ0) is 13.2. The molecule has 6 nitrogen and oxygen atoms in total. The van der Waals surface area contributed by atoms with E-state index in [4.69, 9.17) is 0 Å². The third kappa shape index (κ3) is 2.84. The second-order valence-corrected chi connectivity index (χ2v) is 6.29. The van der Waals surface area contributed by atoms with Crippen molar-refractivity contribution in [3.63, 3.8) is 0 Å². The molecule has 7 heteroatoms. The van der Waals surface area contributed by atoms with Gasteiger partial charge in [-0.05, 0) is 19.9 Å². The molecule has 1 aliphatic rings. The minimum Gasteiger partial charge on any atom is -0.349 e. The van der Waals surface area contributed by atoms with E-state index in [0.717, 1.165) is 5.69 Å². The number of hydrogen-bond acceptors (Lipinski definition) is 4. The van der Waals surface area contributed by atoms with Crippen molar-refractivity contribution in [3.05, 3.63) is 18.0 Å². The van der Waals surface area contributed by atoms with Gasteiger partial charge in [-0.3, -0.25) is 14.7 Å². The number of carbonyl (C=O) groups is 2. The lowest BCUT2D eigenvalue weighted by Gasteiger charge is -2.32.